The Morgan fingerprint density at radius 3 is 0.750 bits per heavy atom. The minimum atomic E-state index is 1.19. The van der Waals surface area contributed by atoms with E-state index in [0.29, 0.717) is 0 Å². The quantitative estimate of drug-likeness (QED) is 0.119. The Morgan fingerprint density at radius 1 is 0.275 bits per heavy atom. The standard InChI is InChI=1S/C40H50/c1-3-5-13-33-17-25-37(26-18-33)39-29-21-35(22-30-39)15-11-9-7-8-10-12-16-36-23-31-40(32-24-36)38-27-19-34(20-28-38)14-6-4-2/h17-32H,3-16H2,1-2H3. The second-order valence-electron chi connectivity index (χ2n) is 11.6. The lowest BCUT2D eigenvalue weighted by Gasteiger charge is -2.07. The van der Waals surface area contributed by atoms with Crippen molar-refractivity contribution >= 4 is 0 Å². The van der Waals surface area contributed by atoms with E-state index in [1.54, 1.807) is 0 Å². The molecule has 0 saturated heterocycles. The van der Waals surface area contributed by atoms with Gasteiger partial charge in [0.05, 0.1) is 0 Å². The first-order chi connectivity index (χ1) is 19.7. The molecule has 0 radical (unpaired) electrons. The van der Waals surface area contributed by atoms with Gasteiger partial charge in [0.15, 0.2) is 0 Å². The van der Waals surface area contributed by atoms with Crippen LogP contribution in [0.3, 0.4) is 0 Å². The molecule has 0 saturated carbocycles. The summed E-state index contributed by atoms with van der Waals surface area (Å²) in [6, 6.07) is 36.8. The Bertz CT molecular complexity index is 1110. The largest absolute Gasteiger partial charge is 0.0654 e. The summed E-state index contributed by atoms with van der Waals surface area (Å²) in [5.74, 6) is 0. The summed E-state index contributed by atoms with van der Waals surface area (Å²) >= 11 is 0. The lowest BCUT2D eigenvalue weighted by molar-refractivity contribution is 0.594. The van der Waals surface area contributed by atoms with Crippen molar-refractivity contribution in [1.82, 2.24) is 0 Å². The molecule has 0 amide bonds. The van der Waals surface area contributed by atoms with Gasteiger partial charge in [-0.1, -0.05) is 149 Å². The van der Waals surface area contributed by atoms with Gasteiger partial charge in [0.1, 0.15) is 0 Å². The molecule has 0 bridgehead atoms. The minimum Gasteiger partial charge on any atom is -0.0654 e. The SMILES string of the molecule is CCCCc1ccc(-c2ccc(CCCCCCCCc3ccc(-c4ccc(CCCC)cc4)cc3)cc2)cc1. The molecule has 4 aromatic carbocycles. The molecule has 210 valence electrons. The van der Waals surface area contributed by atoms with Crippen LogP contribution in [0.1, 0.15) is 100 Å². The maximum atomic E-state index is 2.33. The van der Waals surface area contributed by atoms with E-state index in [1.165, 1.54) is 134 Å². The maximum Gasteiger partial charge on any atom is -0.0184 e. The Kier molecular flexibility index (Phi) is 12.6. The number of rotatable bonds is 17. The van der Waals surface area contributed by atoms with Gasteiger partial charge in [-0.05, 0) is 95.9 Å². The monoisotopic (exact) mass is 530 g/mol. The van der Waals surface area contributed by atoms with Gasteiger partial charge in [0.25, 0.3) is 0 Å². The van der Waals surface area contributed by atoms with Crippen LogP contribution in [0.15, 0.2) is 97.1 Å². The molecule has 0 nitrogen and oxygen atoms in total. The van der Waals surface area contributed by atoms with Gasteiger partial charge in [-0.25, -0.2) is 0 Å². The highest BCUT2D eigenvalue weighted by Gasteiger charge is 2.02. The fraction of sp³-hybridized carbons (Fsp3) is 0.400. The normalized spacial score (nSPS) is 11.2. The third-order valence-corrected chi connectivity index (χ3v) is 8.30. The van der Waals surface area contributed by atoms with Crippen molar-refractivity contribution in [2.75, 3.05) is 0 Å². The van der Waals surface area contributed by atoms with Crippen molar-refractivity contribution in [2.24, 2.45) is 0 Å². The summed E-state index contributed by atoms with van der Waals surface area (Å²) in [6.07, 6.45) is 17.8. The molecular formula is C40H50. The maximum absolute atomic E-state index is 2.33. The van der Waals surface area contributed by atoms with Gasteiger partial charge < -0.3 is 0 Å². The van der Waals surface area contributed by atoms with E-state index >= 15 is 0 Å². The summed E-state index contributed by atoms with van der Waals surface area (Å²) in [6.45, 7) is 4.51. The Labute approximate surface area is 244 Å². The third kappa shape index (κ3) is 9.81. The summed E-state index contributed by atoms with van der Waals surface area (Å²) in [4.78, 5) is 0. The van der Waals surface area contributed by atoms with Crippen molar-refractivity contribution in [3.63, 3.8) is 0 Å². The zero-order valence-corrected chi connectivity index (χ0v) is 25.1. The highest BCUT2D eigenvalue weighted by Crippen LogP contribution is 2.23. The van der Waals surface area contributed by atoms with Crippen LogP contribution >= 0.6 is 0 Å². The zero-order chi connectivity index (χ0) is 27.8. The molecule has 0 aliphatic carbocycles. The van der Waals surface area contributed by atoms with Crippen LogP contribution in [0, 0.1) is 0 Å². The number of aryl methyl sites for hydroxylation is 4. The van der Waals surface area contributed by atoms with Crippen molar-refractivity contribution in [3.8, 4) is 22.3 Å². The number of unbranched alkanes of at least 4 members (excludes halogenated alkanes) is 7. The molecule has 0 N–H and O–H groups in total. The molecular weight excluding hydrogens is 480 g/mol. The van der Waals surface area contributed by atoms with Gasteiger partial charge in [-0.3, -0.25) is 0 Å². The van der Waals surface area contributed by atoms with E-state index in [0.717, 1.165) is 0 Å². The molecule has 0 unspecified atom stereocenters. The fourth-order valence-electron chi connectivity index (χ4n) is 5.58. The topological polar surface area (TPSA) is 0 Å². The zero-order valence-electron chi connectivity index (χ0n) is 25.1. The third-order valence-electron chi connectivity index (χ3n) is 8.30. The summed E-state index contributed by atoms with van der Waals surface area (Å²) in [7, 11) is 0. The van der Waals surface area contributed by atoms with Crippen LogP contribution in [-0.4, -0.2) is 0 Å². The lowest BCUT2D eigenvalue weighted by atomic mass is 9.98. The number of benzene rings is 4. The highest BCUT2D eigenvalue weighted by atomic mass is 14.1. The van der Waals surface area contributed by atoms with Gasteiger partial charge >= 0.3 is 0 Å². The van der Waals surface area contributed by atoms with E-state index in [9.17, 15) is 0 Å². The van der Waals surface area contributed by atoms with Gasteiger partial charge in [-0.15, -0.1) is 0 Å². The minimum absolute atomic E-state index is 1.19. The molecule has 0 atom stereocenters. The molecule has 4 aromatic rings. The smallest absolute Gasteiger partial charge is 0.0184 e. The van der Waals surface area contributed by atoms with E-state index < -0.39 is 0 Å². The van der Waals surface area contributed by atoms with E-state index in [1.807, 2.05) is 0 Å². The molecule has 40 heavy (non-hydrogen) atoms. The van der Waals surface area contributed by atoms with Crippen molar-refractivity contribution in [1.29, 1.82) is 0 Å². The van der Waals surface area contributed by atoms with Crippen LogP contribution < -0.4 is 0 Å². The number of hydrogen-bond acceptors (Lipinski definition) is 0. The average Bonchev–Trinajstić information content (AvgIpc) is 3.01. The van der Waals surface area contributed by atoms with Crippen molar-refractivity contribution < 1.29 is 0 Å². The Morgan fingerprint density at radius 2 is 0.500 bits per heavy atom. The van der Waals surface area contributed by atoms with E-state index in [4.69, 9.17) is 0 Å². The van der Waals surface area contributed by atoms with Crippen LogP contribution in [0.5, 0.6) is 0 Å². The van der Waals surface area contributed by atoms with Crippen LogP contribution in [0.4, 0.5) is 0 Å². The van der Waals surface area contributed by atoms with Crippen LogP contribution in [-0.2, 0) is 25.7 Å². The summed E-state index contributed by atoms with van der Waals surface area (Å²) in [5.41, 5.74) is 11.2. The molecule has 0 heterocycles. The van der Waals surface area contributed by atoms with Gasteiger partial charge in [0.2, 0.25) is 0 Å². The molecule has 0 aliphatic rings. The van der Waals surface area contributed by atoms with Gasteiger partial charge in [0, 0.05) is 0 Å². The molecule has 4 rings (SSSR count). The van der Waals surface area contributed by atoms with Crippen LogP contribution in [0.25, 0.3) is 22.3 Å². The second kappa shape index (κ2) is 16.9. The van der Waals surface area contributed by atoms with E-state index in [-0.39, 0.29) is 0 Å². The average molecular weight is 531 g/mol. The highest BCUT2D eigenvalue weighted by molar-refractivity contribution is 5.64. The first kappa shape index (κ1) is 29.9. The molecule has 0 fully saturated rings. The van der Waals surface area contributed by atoms with Crippen LogP contribution in [0.2, 0.25) is 0 Å². The number of hydrogen-bond donors (Lipinski definition) is 0. The molecule has 0 aliphatic heterocycles. The predicted molar refractivity (Wildman–Crippen MR) is 176 cm³/mol. The molecule has 0 aromatic heterocycles. The Hall–Kier alpha value is -3.12. The van der Waals surface area contributed by atoms with Gasteiger partial charge in [-0.2, -0.15) is 0 Å². The summed E-state index contributed by atoms with van der Waals surface area (Å²) in [5, 5.41) is 0. The first-order valence-corrected chi connectivity index (χ1v) is 16.1. The molecule has 0 spiro atoms. The Balaban J connectivity index is 1.07. The fourth-order valence-corrected chi connectivity index (χ4v) is 5.58. The van der Waals surface area contributed by atoms with E-state index in [2.05, 4.69) is 111 Å². The predicted octanol–water partition coefficient (Wildman–Crippen LogP) is 11.8. The lowest BCUT2D eigenvalue weighted by Crippen LogP contribution is -1.89. The first-order valence-electron chi connectivity index (χ1n) is 16.1. The molecule has 0 heteroatoms. The summed E-state index contributed by atoms with van der Waals surface area (Å²) < 4.78 is 0. The van der Waals surface area contributed by atoms with Crippen molar-refractivity contribution in [2.45, 2.75) is 104 Å². The second-order valence-corrected chi connectivity index (χ2v) is 11.6. The van der Waals surface area contributed by atoms with Crippen molar-refractivity contribution in [3.05, 3.63) is 119 Å².